The van der Waals surface area contributed by atoms with Crippen LogP contribution in [-0.4, -0.2) is 15.4 Å². The normalized spacial score (nSPS) is 9.14. The molecule has 1 rings (SSSR count). The highest BCUT2D eigenvalue weighted by atomic mass is 15.4. The van der Waals surface area contributed by atoms with Crippen LogP contribution in [0.2, 0.25) is 0 Å². The van der Waals surface area contributed by atoms with Crippen LogP contribution in [-0.2, 0) is 0 Å². The Balaban J connectivity index is 3.12. The molecule has 1 aromatic rings. The fraction of sp³-hybridized carbons (Fsp3) is 0. The number of hydrogen-bond donors (Lipinski definition) is 3. The molecular weight excluding hydrogens is 94.1 g/mol. The summed E-state index contributed by atoms with van der Waals surface area (Å²) >= 11 is 0. The quantitative estimate of drug-likeness (QED) is 0.387. The molecule has 0 saturated carbocycles. The minimum absolute atomic E-state index is 0.250. The molecule has 0 aliphatic carbocycles. The SMILES string of the molecule is Nc1nn[nH]c1N. The van der Waals surface area contributed by atoms with E-state index in [4.69, 9.17) is 11.5 Å². The Bertz CT molecular complexity index is 138. The van der Waals surface area contributed by atoms with Crippen LogP contribution in [0.25, 0.3) is 0 Å². The van der Waals surface area contributed by atoms with Gasteiger partial charge in [0.15, 0.2) is 11.6 Å². The average Bonchev–Trinajstić information content (AvgIpc) is 1.91. The van der Waals surface area contributed by atoms with Crippen LogP contribution in [0.3, 0.4) is 0 Å². The first-order valence-electron chi connectivity index (χ1n) is 1.72. The zero-order valence-electron chi connectivity index (χ0n) is 3.55. The Kier molecular flexibility index (Phi) is 0.619. The second-order valence-electron chi connectivity index (χ2n) is 1.11. The van der Waals surface area contributed by atoms with Crippen molar-refractivity contribution in [3.8, 4) is 0 Å². The van der Waals surface area contributed by atoms with Gasteiger partial charge in [0.1, 0.15) is 0 Å². The van der Waals surface area contributed by atoms with Crippen molar-refractivity contribution in [2.24, 2.45) is 0 Å². The monoisotopic (exact) mass is 99.1 g/mol. The van der Waals surface area contributed by atoms with E-state index in [0.29, 0.717) is 5.82 Å². The fourth-order valence-electron chi connectivity index (χ4n) is 0.244. The smallest absolute Gasteiger partial charge is 0.189 e. The van der Waals surface area contributed by atoms with Crippen LogP contribution in [0.5, 0.6) is 0 Å². The molecule has 1 heterocycles. The highest BCUT2D eigenvalue weighted by Crippen LogP contribution is 2.00. The number of aromatic nitrogens is 3. The van der Waals surface area contributed by atoms with Crippen LogP contribution >= 0.6 is 0 Å². The van der Waals surface area contributed by atoms with Gasteiger partial charge in [-0.3, -0.25) is 0 Å². The van der Waals surface area contributed by atoms with Crippen LogP contribution in [0.4, 0.5) is 11.6 Å². The Morgan fingerprint density at radius 1 is 1.43 bits per heavy atom. The molecule has 7 heavy (non-hydrogen) atoms. The summed E-state index contributed by atoms with van der Waals surface area (Å²) < 4.78 is 0. The lowest BCUT2D eigenvalue weighted by Gasteiger charge is -1.78. The maximum Gasteiger partial charge on any atom is 0.189 e. The first-order valence-corrected chi connectivity index (χ1v) is 1.72. The second-order valence-corrected chi connectivity index (χ2v) is 1.11. The Morgan fingerprint density at radius 3 is 2.29 bits per heavy atom. The molecular formula is C2H5N5. The number of hydrogen-bond acceptors (Lipinski definition) is 4. The highest BCUT2D eigenvalue weighted by molar-refractivity contribution is 5.49. The van der Waals surface area contributed by atoms with Crippen LogP contribution < -0.4 is 11.5 Å². The molecule has 5 nitrogen and oxygen atoms in total. The summed E-state index contributed by atoms with van der Waals surface area (Å²) in [5.41, 5.74) is 10.2. The molecule has 0 unspecified atom stereocenters. The lowest BCUT2D eigenvalue weighted by atomic mass is 10.7. The van der Waals surface area contributed by atoms with Crippen molar-refractivity contribution in [1.82, 2.24) is 15.4 Å². The van der Waals surface area contributed by atoms with E-state index in [1.807, 2.05) is 0 Å². The van der Waals surface area contributed by atoms with Crippen molar-refractivity contribution in [3.63, 3.8) is 0 Å². The molecule has 0 fully saturated rings. The minimum Gasteiger partial charge on any atom is -0.381 e. The number of nitrogens with two attached hydrogens (primary N) is 2. The molecule has 0 radical (unpaired) electrons. The standard InChI is InChI=1S/C2H5N5/c3-1-2(4)6-7-5-1/h(H5,3,4,5,6,7). The Hall–Kier alpha value is -1.26. The maximum atomic E-state index is 5.13. The summed E-state index contributed by atoms with van der Waals surface area (Å²) in [6.45, 7) is 0. The molecule has 0 amide bonds. The Labute approximate surface area is 39.7 Å². The summed E-state index contributed by atoms with van der Waals surface area (Å²) in [6.07, 6.45) is 0. The summed E-state index contributed by atoms with van der Waals surface area (Å²) in [6, 6.07) is 0. The largest absolute Gasteiger partial charge is 0.381 e. The molecule has 0 saturated heterocycles. The third kappa shape index (κ3) is 0.466. The Morgan fingerprint density at radius 2 is 2.14 bits per heavy atom. The van der Waals surface area contributed by atoms with E-state index in [2.05, 4.69) is 15.4 Å². The lowest BCUT2D eigenvalue weighted by molar-refractivity contribution is 0.946. The van der Waals surface area contributed by atoms with Gasteiger partial charge in [-0.05, 0) is 0 Å². The number of nitrogens with one attached hydrogen (secondary N) is 1. The van der Waals surface area contributed by atoms with E-state index in [9.17, 15) is 0 Å². The van der Waals surface area contributed by atoms with E-state index in [1.54, 1.807) is 0 Å². The van der Waals surface area contributed by atoms with Crippen molar-refractivity contribution in [2.45, 2.75) is 0 Å². The molecule has 5 N–H and O–H groups in total. The summed E-state index contributed by atoms with van der Waals surface area (Å²) in [5, 5.41) is 9.02. The predicted molar refractivity (Wildman–Crippen MR) is 25.2 cm³/mol. The molecule has 38 valence electrons. The van der Waals surface area contributed by atoms with Gasteiger partial charge in [-0.2, -0.15) is 0 Å². The van der Waals surface area contributed by atoms with Gasteiger partial charge in [0.2, 0.25) is 0 Å². The van der Waals surface area contributed by atoms with Crippen molar-refractivity contribution in [3.05, 3.63) is 0 Å². The van der Waals surface area contributed by atoms with E-state index >= 15 is 0 Å². The number of nitrogen functional groups attached to an aromatic ring is 2. The molecule has 0 aromatic carbocycles. The number of rotatable bonds is 0. The highest BCUT2D eigenvalue weighted by Gasteiger charge is 1.91. The molecule has 0 aliphatic rings. The third-order valence-electron chi connectivity index (χ3n) is 0.604. The van der Waals surface area contributed by atoms with Crippen molar-refractivity contribution in [1.29, 1.82) is 0 Å². The molecule has 0 spiro atoms. The van der Waals surface area contributed by atoms with Crippen LogP contribution in [0, 0.1) is 0 Å². The van der Waals surface area contributed by atoms with Gasteiger partial charge in [-0.15, -0.1) is 5.10 Å². The molecule has 0 atom stereocenters. The van der Waals surface area contributed by atoms with E-state index in [1.165, 1.54) is 0 Å². The number of anilines is 2. The summed E-state index contributed by atoms with van der Waals surface area (Å²) in [5.74, 6) is 0.569. The third-order valence-corrected chi connectivity index (χ3v) is 0.604. The topological polar surface area (TPSA) is 93.6 Å². The molecule has 0 aliphatic heterocycles. The van der Waals surface area contributed by atoms with Gasteiger partial charge in [-0.25, -0.2) is 5.10 Å². The van der Waals surface area contributed by atoms with Gasteiger partial charge >= 0.3 is 0 Å². The van der Waals surface area contributed by atoms with Crippen molar-refractivity contribution >= 4 is 11.6 Å². The van der Waals surface area contributed by atoms with Crippen LogP contribution in [0.1, 0.15) is 0 Å². The van der Waals surface area contributed by atoms with Crippen molar-refractivity contribution in [2.75, 3.05) is 11.5 Å². The van der Waals surface area contributed by atoms with Gasteiger partial charge in [0.25, 0.3) is 0 Å². The fourth-order valence-corrected chi connectivity index (χ4v) is 0.244. The van der Waals surface area contributed by atoms with E-state index in [-0.39, 0.29) is 5.82 Å². The van der Waals surface area contributed by atoms with Crippen LogP contribution in [0.15, 0.2) is 0 Å². The summed E-state index contributed by atoms with van der Waals surface area (Å²) in [7, 11) is 0. The van der Waals surface area contributed by atoms with Gasteiger partial charge in [0, 0.05) is 0 Å². The second kappa shape index (κ2) is 1.11. The zero-order chi connectivity index (χ0) is 5.28. The number of H-pyrrole nitrogens is 1. The minimum atomic E-state index is 0.250. The first-order chi connectivity index (χ1) is 3.30. The zero-order valence-corrected chi connectivity index (χ0v) is 3.55. The van der Waals surface area contributed by atoms with Gasteiger partial charge in [0.05, 0.1) is 0 Å². The van der Waals surface area contributed by atoms with Crippen molar-refractivity contribution < 1.29 is 0 Å². The van der Waals surface area contributed by atoms with Gasteiger partial charge in [-0.1, -0.05) is 5.21 Å². The maximum absolute atomic E-state index is 5.13. The number of aromatic amines is 1. The van der Waals surface area contributed by atoms with E-state index < -0.39 is 0 Å². The number of nitrogens with zero attached hydrogens (tertiary/aromatic N) is 2. The average molecular weight is 99.1 g/mol. The predicted octanol–water partition coefficient (Wildman–Crippen LogP) is -1.03. The first kappa shape index (κ1) is 3.91. The summed E-state index contributed by atoms with van der Waals surface area (Å²) in [4.78, 5) is 0. The molecule has 1 aromatic heterocycles. The molecule has 5 heteroatoms. The lowest BCUT2D eigenvalue weighted by Crippen LogP contribution is -1.91. The van der Waals surface area contributed by atoms with Gasteiger partial charge < -0.3 is 11.5 Å². The molecule has 0 bridgehead atoms. The van der Waals surface area contributed by atoms with E-state index in [0.717, 1.165) is 0 Å².